The van der Waals surface area contributed by atoms with Gasteiger partial charge in [-0.05, 0) is 48.2 Å². The minimum Gasteiger partial charge on any atom is -0.256 e. The first-order valence-electron chi connectivity index (χ1n) is 5.97. The molecule has 0 aliphatic rings. The fraction of sp³-hybridized carbons (Fsp3) is 0.133. The van der Waals surface area contributed by atoms with E-state index < -0.39 is 9.84 Å². The van der Waals surface area contributed by atoms with Crippen LogP contribution in [0.2, 0.25) is 0 Å². The molecule has 0 aromatic heterocycles. The second-order valence-corrected chi connectivity index (χ2v) is 7.19. The van der Waals surface area contributed by atoms with Gasteiger partial charge >= 0.3 is 0 Å². The second-order valence-electron chi connectivity index (χ2n) is 4.30. The molecular formula is C15H15NO2S2. The van der Waals surface area contributed by atoms with Crippen LogP contribution in [-0.4, -0.2) is 27.1 Å². The molecule has 0 N–H and O–H groups in total. The first-order chi connectivity index (χ1) is 9.49. The maximum atomic E-state index is 11.3. The van der Waals surface area contributed by atoms with Crippen molar-refractivity contribution < 1.29 is 8.42 Å². The van der Waals surface area contributed by atoms with Crippen LogP contribution in [0.15, 0.2) is 63.3 Å². The minimum atomic E-state index is -3.15. The smallest absolute Gasteiger partial charge is 0.175 e. The normalized spacial score (nSPS) is 11.9. The molecule has 0 aliphatic carbocycles. The van der Waals surface area contributed by atoms with Crippen LogP contribution in [0.1, 0.15) is 5.56 Å². The van der Waals surface area contributed by atoms with E-state index in [-0.39, 0.29) is 0 Å². The molecule has 0 amide bonds. The van der Waals surface area contributed by atoms with Gasteiger partial charge in [0.25, 0.3) is 0 Å². The SMILES string of the molecule is CSc1ccc(C=Nc2ccc(S(C)(=O)=O)cc2)cc1. The van der Waals surface area contributed by atoms with E-state index in [4.69, 9.17) is 0 Å². The highest BCUT2D eigenvalue weighted by Gasteiger charge is 2.05. The molecule has 0 heterocycles. The Labute approximate surface area is 123 Å². The molecule has 0 saturated carbocycles. The molecule has 0 radical (unpaired) electrons. The summed E-state index contributed by atoms with van der Waals surface area (Å²) in [5, 5.41) is 0. The number of nitrogens with zero attached hydrogens (tertiary/aromatic N) is 1. The maximum Gasteiger partial charge on any atom is 0.175 e. The lowest BCUT2D eigenvalue weighted by Gasteiger charge is -1.99. The Balaban J connectivity index is 2.14. The van der Waals surface area contributed by atoms with Gasteiger partial charge in [0.2, 0.25) is 0 Å². The van der Waals surface area contributed by atoms with E-state index >= 15 is 0 Å². The first-order valence-corrected chi connectivity index (χ1v) is 9.09. The number of rotatable bonds is 4. The number of aliphatic imine (C=N–C) groups is 1. The third-order valence-corrected chi connectivity index (χ3v) is 4.62. The predicted molar refractivity (Wildman–Crippen MR) is 85.0 cm³/mol. The van der Waals surface area contributed by atoms with Crippen LogP contribution >= 0.6 is 11.8 Å². The van der Waals surface area contributed by atoms with Gasteiger partial charge in [0.1, 0.15) is 0 Å². The molecule has 0 atom stereocenters. The average molecular weight is 305 g/mol. The van der Waals surface area contributed by atoms with Crippen LogP contribution in [0.25, 0.3) is 0 Å². The molecule has 2 rings (SSSR count). The van der Waals surface area contributed by atoms with Crippen LogP contribution in [0, 0.1) is 0 Å². The van der Waals surface area contributed by atoms with Gasteiger partial charge in [0, 0.05) is 17.4 Å². The molecule has 2 aromatic rings. The zero-order valence-electron chi connectivity index (χ0n) is 11.3. The summed E-state index contributed by atoms with van der Waals surface area (Å²) < 4.78 is 22.7. The molecule has 2 aromatic carbocycles. The van der Waals surface area contributed by atoms with Gasteiger partial charge < -0.3 is 0 Å². The van der Waals surface area contributed by atoms with Gasteiger partial charge in [0.05, 0.1) is 10.6 Å². The zero-order valence-corrected chi connectivity index (χ0v) is 12.9. The molecule has 5 heteroatoms. The van der Waals surface area contributed by atoms with E-state index in [9.17, 15) is 8.42 Å². The second kappa shape index (κ2) is 6.24. The van der Waals surface area contributed by atoms with Crippen molar-refractivity contribution in [1.29, 1.82) is 0 Å². The van der Waals surface area contributed by atoms with Crippen molar-refractivity contribution in [2.45, 2.75) is 9.79 Å². The first kappa shape index (κ1) is 14.8. The van der Waals surface area contributed by atoms with Crippen molar-refractivity contribution in [3.8, 4) is 0 Å². The Morgan fingerprint density at radius 3 is 2.10 bits per heavy atom. The lowest BCUT2D eigenvalue weighted by atomic mass is 10.2. The lowest BCUT2D eigenvalue weighted by molar-refractivity contribution is 0.602. The Morgan fingerprint density at radius 2 is 1.60 bits per heavy atom. The van der Waals surface area contributed by atoms with Crippen molar-refractivity contribution in [2.24, 2.45) is 4.99 Å². The van der Waals surface area contributed by atoms with Crippen molar-refractivity contribution in [1.82, 2.24) is 0 Å². The third-order valence-electron chi connectivity index (χ3n) is 2.74. The summed E-state index contributed by atoms with van der Waals surface area (Å²) in [6.07, 6.45) is 4.99. The van der Waals surface area contributed by atoms with Crippen LogP contribution < -0.4 is 0 Å². The molecule has 0 fully saturated rings. The Hall–Kier alpha value is -1.59. The van der Waals surface area contributed by atoms with E-state index in [2.05, 4.69) is 4.99 Å². The minimum absolute atomic E-state index is 0.306. The Kier molecular flexibility index (Phi) is 4.62. The summed E-state index contributed by atoms with van der Waals surface area (Å²) in [5.74, 6) is 0. The molecule has 0 spiro atoms. The summed E-state index contributed by atoms with van der Waals surface area (Å²) in [6.45, 7) is 0. The van der Waals surface area contributed by atoms with Crippen LogP contribution in [0.4, 0.5) is 5.69 Å². The number of sulfone groups is 1. The fourth-order valence-corrected chi connectivity index (χ4v) is 2.66. The van der Waals surface area contributed by atoms with Gasteiger partial charge in [0.15, 0.2) is 9.84 Å². The average Bonchev–Trinajstić information content (AvgIpc) is 2.45. The molecule has 0 saturated heterocycles. The summed E-state index contributed by atoms with van der Waals surface area (Å²) in [6, 6.07) is 14.6. The predicted octanol–water partition coefficient (Wildman–Crippen LogP) is 3.56. The topological polar surface area (TPSA) is 46.5 Å². The molecule has 104 valence electrons. The highest BCUT2D eigenvalue weighted by molar-refractivity contribution is 7.98. The quantitative estimate of drug-likeness (QED) is 0.641. The highest BCUT2D eigenvalue weighted by atomic mass is 32.2. The lowest BCUT2D eigenvalue weighted by Crippen LogP contribution is -1.95. The van der Waals surface area contributed by atoms with E-state index in [1.807, 2.05) is 30.5 Å². The summed E-state index contributed by atoms with van der Waals surface area (Å²) in [7, 11) is -3.15. The molecule has 0 aliphatic heterocycles. The molecule has 20 heavy (non-hydrogen) atoms. The van der Waals surface area contributed by atoms with Gasteiger partial charge in [-0.3, -0.25) is 4.99 Å². The number of benzene rings is 2. The van der Waals surface area contributed by atoms with Crippen LogP contribution in [0.5, 0.6) is 0 Å². The molecular weight excluding hydrogens is 290 g/mol. The third kappa shape index (κ3) is 3.95. The van der Waals surface area contributed by atoms with Crippen molar-refractivity contribution in [3.05, 3.63) is 54.1 Å². The fourth-order valence-electron chi connectivity index (χ4n) is 1.62. The summed E-state index contributed by atoms with van der Waals surface area (Å²) in [5.41, 5.74) is 1.74. The van der Waals surface area contributed by atoms with E-state index in [1.54, 1.807) is 42.2 Å². The molecule has 3 nitrogen and oxygen atoms in total. The Morgan fingerprint density at radius 1 is 1.00 bits per heavy atom. The van der Waals surface area contributed by atoms with Crippen molar-refractivity contribution in [3.63, 3.8) is 0 Å². The van der Waals surface area contributed by atoms with Gasteiger partial charge in [-0.15, -0.1) is 11.8 Å². The summed E-state index contributed by atoms with van der Waals surface area (Å²) in [4.78, 5) is 5.84. The standard InChI is InChI=1S/C15H15NO2S2/c1-19-14-7-3-12(4-8-14)11-16-13-5-9-15(10-6-13)20(2,17)18/h3-11H,1-2H3. The monoisotopic (exact) mass is 305 g/mol. The zero-order chi connectivity index (χ0) is 14.6. The van der Waals surface area contributed by atoms with Crippen molar-refractivity contribution in [2.75, 3.05) is 12.5 Å². The van der Waals surface area contributed by atoms with Gasteiger partial charge in [-0.2, -0.15) is 0 Å². The number of hydrogen-bond acceptors (Lipinski definition) is 4. The summed E-state index contributed by atoms with van der Waals surface area (Å²) >= 11 is 1.69. The largest absolute Gasteiger partial charge is 0.256 e. The van der Waals surface area contributed by atoms with Crippen LogP contribution in [0.3, 0.4) is 0 Å². The number of hydrogen-bond donors (Lipinski definition) is 0. The number of thioether (sulfide) groups is 1. The van der Waals surface area contributed by atoms with Gasteiger partial charge in [-0.1, -0.05) is 12.1 Å². The molecule has 0 bridgehead atoms. The van der Waals surface area contributed by atoms with E-state index in [0.29, 0.717) is 4.90 Å². The van der Waals surface area contributed by atoms with E-state index in [0.717, 1.165) is 11.3 Å². The van der Waals surface area contributed by atoms with Crippen LogP contribution in [-0.2, 0) is 9.84 Å². The Bertz CT molecular complexity index is 703. The highest BCUT2D eigenvalue weighted by Crippen LogP contribution is 2.17. The van der Waals surface area contributed by atoms with Crippen molar-refractivity contribution >= 4 is 33.5 Å². The van der Waals surface area contributed by atoms with Gasteiger partial charge in [-0.25, -0.2) is 8.42 Å². The maximum absolute atomic E-state index is 11.3. The van der Waals surface area contributed by atoms with E-state index in [1.165, 1.54) is 11.2 Å². The molecule has 0 unspecified atom stereocenters.